The van der Waals surface area contributed by atoms with Crippen LogP contribution in [0.3, 0.4) is 0 Å². The van der Waals surface area contributed by atoms with E-state index in [2.05, 4.69) is 10.2 Å². The largest absolute Gasteiger partial charge is 0.508 e. The van der Waals surface area contributed by atoms with Gasteiger partial charge in [0.2, 0.25) is 0 Å². The number of rotatable bonds is 10. The maximum atomic E-state index is 14.4. The molecule has 3 aliphatic rings. The zero-order chi connectivity index (χ0) is 32.7. The molecule has 2 aliphatic carbocycles. The van der Waals surface area contributed by atoms with Crippen molar-refractivity contribution >= 4 is 46.9 Å². The lowest BCUT2D eigenvalue weighted by Crippen LogP contribution is -2.59. The molecule has 46 heavy (non-hydrogen) atoms. The lowest BCUT2D eigenvalue weighted by molar-refractivity contribution is -0.161. The molecule has 0 radical (unpaired) electrons. The molecule has 248 valence electrons. The first-order valence-electron chi connectivity index (χ1n) is 16.3. The SMILES string of the molecule is CCOC(=O)O[C@H]1C(=O)C(c2ccccc2Cl)CCC1CN[C@]1(c2ccccc2Cl)CCC[C@H](OC(=O)CN2CCCCC2)C1=O. The Kier molecular flexibility index (Phi) is 11.8. The molecule has 0 amide bonds. The van der Waals surface area contributed by atoms with E-state index in [0.29, 0.717) is 53.3 Å². The van der Waals surface area contributed by atoms with Crippen molar-refractivity contribution in [1.82, 2.24) is 10.2 Å². The van der Waals surface area contributed by atoms with Gasteiger partial charge >= 0.3 is 12.1 Å². The normalized spacial score (nSPS) is 27.2. The number of halogens is 2. The highest BCUT2D eigenvalue weighted by Crippen LogP contribution is 2.41. The minimum Gasteiger partial charge on any atom is -0.453 e. The van der Waals surface area contributed by atoms with Gasteiger partial charge in [0.1, 0.15) is 5.54 Å². The third-order valence-electron chi connectivity index (χ3n) is 9.45. The standard InChI is InChI=1S/C35H42Cl2N2O7/c1-2-44-34(43)46-32-23(16-17-25(31(32)41)24-11-4-6-13-27(24)36)21-38-35(26-12-5-7-14-28(26)37)18-10-15-29(33(35)42)45-30(40)22-39-19-8-3-9-20-39/h4-7,11-14,23,25,29,32,38H,2-3,8-10,15-22H2,1H3/t23?,25?,29-,32+,35-/m0/s1. The summed E-state index contributed by atoms with van der Waals surface area (Å²) in [5, 5.41) is 4.35. The van der Waals surface area contributed by atoms with Gasteiger partial charge in [-0.1, -0.05) is 66.0 Å². The van der Waals surface area contributed by atoms with Crippen molar-refractivity contribution in [2.75, 3.05) is 32.8 Å². The lowest BCUT2D eigenvalue weighted by Gasteiger charge is -2.43. The van der Waals surface area contributed by atoms with E-state index in [9.17, 15) is 19.2 Å². The van der Waals surface area contributed by atoms with Gasteiger partial charge in [-0.25, -0.2) is 4.79 Å². The number of nitrogens with zero attached hydrogens (tertiary/aromatic N) is 1. The predicted molar refractivity (Wildman–Crippen MR) is 174 cm³/mol. The van der Waals surface area contributed by atoms with Crippen LogP contribution < -0.4 is 5.32 Å². The monoisotopic (exact) mass is 672 g/mol. The molecule has 1 aliphatic heterocycles. The van der Waals surface area contributed by atoms with Crippen molar-refractivity contribution in [3.63, 3.8) is 0 Å². The Morgan fingerprint density at radius 1 is 0.913 bits per heavy atom. The van der Waals surface area contributed by atoms with Crippen LogP contribution in [0.4, 0.5) is 4.79 Å². The quantitative estimate of drug-likeness (QED) is 0.294. The summed E-state index contributed by atoms with van der Waals surface area (Å²) >= 11 is 13.2. The molecule has 0 spiro atoms. The van der Waals surface area contributed by atoms with Crippen LogP contribution in [0.5, 0.6) is 0 Å². The first kappa shape index (κ1) is 34.4. The van der Waals surface area contributed by atoms with Crippen LogP contribution in [-0.4, -0.2) is 73.6 Å². The molecule has 1 saturated heterocycles. The lowest BCUT2D eigenvalue weighted by atomic mass is 9.72. The van der Waals surface area contributed by atoms with Gasteiger partial charge in [0, 0.05) is 28.4 Å². The van der Waals surface area contributed by atoms with Crippen molar-refractivity contribution in [2.24, 2.45) is 5.92 Å². The number of hydrogen-bond donors (Lipinski definition) is 1. The van der Waals surface area contributed by atoms with E-state index in [1.54, 1.807) is 37.3 Å². The molecule has 9 nitrogen and oxygen atoms in total. The van der Waals surface area contributed by atoms with Crippen LogP contribution in [0.25, 0.3) is 0 Å². The number of nitrogens with one attached hydrogen (secondary N) is 1. The first-order chi connectivity index (χ1) is 22.2. The average molecular weight is 674 g/mol. The number of piperidine rings is 1. The van der Waals surface area contributed by atoms with E-state index in [1.807, 2.05) is 18.2 Å². The van der Waals surface area contributed by atoms with Gasteiger partial charge in [-0.3, -0.25) is 19.3 Å². The van der Waals surface area contributed by atoms with Crippen LogP contribution in [0.1, 0.15) is 75.3 Å². The molecule has 2 unspecified atom stereocenters. The number of likely N-dealkylation sites (tertiary alicyclic amines) is 1. The molecule has 5 atom stereocenters. The fourth-order valence-electron chi connectivity index (χ4n) is 7.13. The van der Waals surface area contributed by atoms with Crippen molar-refractivity contribution in [1.29, 1.82) is 0 Å². The summed E-state index contributed by atoms with van der Waals surface area (Å²) in [6.45, 7) is 3.75. The number of carbonyl (C=O) groups is 4. The number of Topliss-reactive ketones (excluding diaryl/α,β-unsaturated/α-hetero) is 2. The van der Waals surface area contributed by atoms with E-state index in [0.717, 1.165) is 32.4 Å². The molecule has 1 heterocycles. The third-order valence-corrected chi connectivity index (χ3v) is 10.1. The molecule has 2 aromatic carbocycles. The Labute approximate surface area is 280 Å². The number of ether oxygens (including phenoxy) is 3. The number of benzene rings is 2. The second kappa shape index (κ2) is 15.7. The minimum absolute atomic E-state index is 0.0958. The summed E-state index contributed by atoms with van der Waals surface area (Å²) in [5.74, 6) is -1.99. The average Bonchev–Trinajstić information content (AvgIpc) is 3.04. The molecule has 2 saturated carbocycles. The summed E-state index contributed by atoms with van der Waals surface area (Å²) in [6, 6.07) is 14.3. The van der Waals surface area contributed by atoms with Gasteiger partial charge in [-0.15, -0.1) is 0 Å². The fourth-order valence-corrected chi connectivity index (χ4v) is 7.70. The van der Waals surface area contributed by atoms with Crippen molar-refractivity contribution in [2.45, 2.75) is 82.0 Å². The molecule has 0 aromatic heterocycles. The maximum absolute atomic E-state index is 14.4. The zero-order valence-corrected chi connectivity index (χ0v) is 27.7. The van der Waals surface area contributed by atoms with Crippen LogP contribution >= 0.6 is 23.2 Å². The van der Waals surface area contributed by atoms with Gasteiger partial charge in [0.25, 0.3) is 0 Å². The molecular weight excluding hydrogens is 631 g/mol. The highest BCUT2D eigenvalue weighted by atomic mass is 35.5. The summed E-state index contributed by atoms with van der Waals surface area (Å²) in [7, 11) is 0. The number of hydrogen-bond acceptors (Lipinski definition) is 9. The smallest absolute Gasteiger partial charge is 0.453 e. The third kappa shape index (κ3) is 7.76. The minimum atomic E-state index is -1.27. The Morgan fingerprint density at radius 3 is 2.35 bits per heavy atom. The number of esters is 1. The summed E-state index contributed by atoms with van der Waals surface area (Å²) < 4.78 is 16.5. The van der Waals surface area contributed by atoms with Crippen LogP contribution in [-0.2, 0) is 34.1 Å². The second-order valence-corrected chi connectivity index (χ2v) is 13.2. The van der Waals surface area contributed by atoms with Gasteiger partial charge in [-0.05, 0) is 88.2 Å². The van der Waals surface area contributed by atoms with Gasteiger partial charge in [-0.2, -0.15) is 0 Å². The first-order valence-corrected chi connectivity index (χ1v) is 17.1. The topological polar surface area (TPSA) is 111 Å². The Hall–Kier alpha value is -2.98. The van der Waals surface area contributed by atoms with Crippen LogP contribution in [0.2, 0.25) is 10.0 Å². The maximum Gasteiger partial charge on any atom is 0.508 e. The van der Waals surface area contributed by atoms with E-state index >= 15 is 0 Å². The Morgan fingerprint density at radius 2 is 1.63 bits per heavy atom. The Balaban J connectivity index is 1.38. The van der Waals surface area contributed by atoms with Crippen molar-refractivity contribution in [3.05, 3.63) is 69.7 Å². The van der Waals surface area contributed by atoms with Crippen molar-refractivity contribution in [3.8, 4) is 0 Å². The summed E-state index contributed by atoms with van der Waals surface area (Å²) in [5.41, 5.74) is -0.0105. The van der Waals surface area contributed by atoms with Gasteiger partial charge < -0.3 is 19.5 Å². The van der Waals surface area contributed by atoms with Gasteiger partial charge in [0.05, 0.1) is 13.2 Å². The molecule has 1 N–H and O–H groups in total. The van der Waals surface area contributed by atoms with Gasteiger partial charge in [0.15, 0.2) is 23.8 Å². The summed E-state index contributed by atoms with van der Waals surface area (Å²) in [6.07, 6.45) is 2.67. The molecule has 0 bridgehead atoms. The highest BCUT2D eigenvalue weighted by Gasteiger charge is 2.50. The summed E-state index contributed by atoms with van der Waals surface area (Å²) in [4.78, 5) is 55.9. The molecule has 5 rings (SSSR count). The fraction of sp³-hybridized carbons (Fsp3) is 0.543. The second-order valence-electron chi connectivity index (χ2n) is 12.4. The zero-order valence-electron chi connectivity index (χ0n) is 26.2. The van der Waals surface area contributed by atoms with Crippen molar-refractivity contribution < 1.29 is 33.4 Å². The van der Waals surface area contributed by atoms with Crippen LogP contribution in [0.15, 0.2) is 48.5 Å². The number of carbonyl (C=O) groups excluding carboxylic acids is 4. The van der Waals surface area contributed by atoms with E-state index in [-0.39, 0.29) is 31.3 Å². The van der Waals surface area contributed by atoms with Crippen LogP contribution in [0, 0.1) is 5.92 Å². The highest BCUT2D eigenvalue weighted by molar-refractivity contribution is 6.32. The number of ketones is 2. The van der Waals surface area contributed by atoms with E-state index in [4.69, 9.17) is 37.4 Å². The molecule has 11 heteroatoms. The molecule has 3 fully saturated rings. The Bertz CT molecular complexity index is 1410. The van der Waals surface area contributed by atoms with E-state index < -0.39 is 41.7 Å². The predicted octanol–water partition coefficient (Wildman–Crippen LogP) is 6.23. The molecule has 2 aromatic rings. The van der Waals surface area contributed by atoms with E-state index in [1.165, 1.54) is 0 Å². The molecular formula is C35H42Cl2N2O7.